The van der Waals surface area contributed by atoms with E-state index >= 15 is 0 Å². The Morgan fingerprint density at radius 2 is 2.24 bits per heavy atom. The molecule has 1 aromatic carbocycles. The van der Waals surface area contributed by atoms with Crippen LogP contribution in [0.5, 0.6) is 0 Å². The van der Waals surface area contributed by atoms with Crippen molar-refractivity contribution >= 4 is 23.2 Å². The summed E-state index contributed by atoms with van der Waals surface area (Å²) in [5.41, 5.74) is 3.33. The van der Waals surface area contributed by atoms with Gasteiger partial charge in [0.1, 0.15) is 6.04 Å². The molecule has 2 atom stereocenters. The molecule has 0 saturated carbocycles. The summed E-state index contributed by atoms with van der Waals surface area (Å²) in [6.45, 7) is 4.82. The molecule has 3 nitrogen and oxygen atoms in total. The van der Waals surface area contributed by atoms with Crippen molar-refractivity contribution in [2.24, 2.45) is 0 Å². The summed E-state index contributed by atoms with van der Waals surface area (Å²) < 4.78 is 0. The van der Waals surface area contributed by atoms with Crippen molar-refractivity contribution in [1.29, 1.82) is 0 Å². The number of carbonyl (C=O) groups excluding carboxylic acids is 1. The maximum atomic E-state index is 11.9. The summed E-state index contributed by atoms with van der Waals surface area (Å²) in [6, 6.07) is 4.35. The lowest BCUT2D eigenvalue weighted by atomic mass is 10.1. The second-order valence-corrected chi connectivity index (χ2v) is 5.30. The van der Waals surface area contributed by atoms with E-state index in [-0.39, 0.29) is 11.9 Å². The van der Waals surface area contributed by atoms with Crippen LogP contribution in [0.2, 0.25) is 5.02 Å². The van der Waals surface area contributed by atoms with E-state index in [9.17, 15) is 4.79 Å². The molecule has 0 spiro atoms. The van der Waals surface area contributed by atoms with E-state index in [4.69, 9.17) is 11.6 Å². The molecule has 3 rings (SSSR count). The Balaban J connectivity index is 2.14. The highest BCUT2D eigenvalue weighted by Gasteiger charge is 2.41. The van der Waals surface area contributed by atoms with Gasteiger partial charge >= 0.3 is 0 Å². The predicted molar refractivity (Wildman–Crippen MR) is 68.6 cm³/mol. The van der Waals surface area contributed by atoms with Crippen LogP contribution in [0.25, 0.3) is 0 Å². The maximum Gasteiger partial charge on any atom is 0.243 e. The number of fused-ring (bicyclic) bond motifs is 3. The van der Waals surface area contributed by atoms with Crippen molar-refractivity contribution in [2.45, 2.75) is 32.4 Å². The van der Waals surface area contributed by atoms with Crippen LogP contribution in [-0.4, -0.2) is 24.5 Å². The molecule has 90 valence electrons. The normalized spacial score (nSPS) is 26.5. The molecule has 0 radical (unpaired) electrons. The molecule has 1 aromatic rings. The first-order chi connectivity index (χ1) is 8.09. The Hall–Kier alpha value is -1.22. The van der Waals surface area contributed by atoms with Gasteiger partial charge in [0.25, 0.3) is 0 Å². The van der Waals surface area contributed by atoms with Gasteiger partial charge in [-0.2, -0.15) is 0 Å². The summed E-state index contributed by atoms with van der Waals surface area (Å²) in [5.74, 6) is 0.119. The smallest absolute Gasteiger partial charge is 0.243 e. The summed E-state index contributed by atoms with van der Waals surface area (Å²) in [6.07, 6.45) is 0.769. The molecule has 1 fully saturated rings. The number of piperazine rings is 1. The molecule has 0 aliphatic carbocycles. The van der Waals surface area contributed by atoms with E-state index in [0.29, 0.717) is 12.6 Å². The quantitative estimate of drug-likeness (QED) is 0.763. The van der Waals surface area contributed by atoms with Crippen molar-refractivity contribution in [3.63, 3.8) is 0 Å². The third-order valence-corrected chi connectivity index (χ3v) is 4.23. The Kier molecular flexibility index (Phi) is 2.33. The molecule has 1 unspecified atom stereocenters. The monoisotopic (exact) mass is 250 g/mol. The lowest BCUT2D eigenvalue weighted by Gasteiger charge is -2.37. The predicted octanol–water partition coefficient (Wildman–Crippen LogP) is 1.90. The number of anilines is 1. The largest absolute Gasteiger partial charge is 0.353 e. The number of amides is 1. The van der Waals surface area contributed by atoms with Gasteiger partial charge in [-0.3, -0.25) is 4.79 Å². The SMILES string of the molecule is Cc1ccc2c(c1Cl)N1C(C)CNC(=O)[C@@H]1C2. The second-order valence-electron chi connectivity index (χ2n) is 4.93. The molecular weight excluding hydrogens is 236 g/mol. The molecule has 2 aliphatic rings. The molecule has 2 aliphatic heterocycles. The molecule has 0 bridgehead atoms. The zero-order valence-corrected chi connectivity index (χ0v) is 10.7. The Bertz CT molecular complexity index is 500. The lowest BCUT2D eigenvalue weighted by Crippen LogP contribution is -2.58. The first-order valence-corrected chi connectivity index (χ1v) is 6.31. The number of nitrogens with one attached hydrogen (secondary N) is 1. The Morgan fingerprint density at radius 3 is 3.00 bits per heavy atom. The van der Waals surface area contributed by atoms with Crippen molar-refractivity contribution in [3.05, 3.63) is 28.3 Å². The van der Waals surface area contributed by atoms with Gasteiger partial charge in [0.2, 0.25) is 5.91 Å². The van der Waals surface area contributed by atoms with Gasteiger partial charge in [-0.15, -0.1) is 0 Å². The van der Waals surface area contributed by atoms with Crippen molar-refractivity contribution in [3.8, 4) is 0 Å². The molecular formula is C13H15ClN2O. The second kappa shape index (κ2) is 3.64. The van der Waals surface area contributed by atoms with E-state index < -0.39 is 0 Å². The van der Waals surface area contributed by atoms with Gasteiger partial charge in [-0.1, -0.05) is 23.7 Å². The minimum Gasteiger partial charge on any atom is -0.353 e. The zero-order valence-electron chi connectivity index (χ0n) is 9.96. The average Bonchev–Trinajstić information content (AvgIpc) is 2.70. The standard InChI is InChI=1S/C13H15ClN2O/c1-7-3-4-9-5-10-13(17)15-6-8(2)16(10)12(9)11(7)14/h3-4,8,10H,5-6H2,1-2H3,(H,15,17)/t8?,10-/m0/s1. The van der Waals surface area contributed by atoms with Crippen LogP contribution in [-0.2, 0) is 11.2 Å². The number of hydrogen-bond acceptors (Lipinski definition) is 2. The first kappa shape index (κ1) is 10.9. The van der Waals surface area contributed by atoms with Crippen LogP contribution in [0.15, 0.2) is 12.1 Å². The third kappa shape index (κ3) is 1.45. The third-order valence-electron chi connectivity index (χ3n) is 3.75. The molecule has 1 saturated heterocycles. The molecule has 0 aromatic heterocycles. The van der Waals surface area contributed by atoms with Gasteiger partial charge < -0.3 is 10.2 Å². The van der Waals surface area contributed by atoms with Gasteiger partial charge in [0.15, 0.2) is 0 Å². The number of benzene rings is 1. The number of hydrogen-bond donors (Lipinski definition) is 1. The van der Waals surface area contributed by atoms with E-state index in [0.717, 1.165) is 22.7 Å². The fourth-order valence-electron chi connectivity index (χ4n) is 2.82. The maximum absolute atomic E-state index is 11.9. The van der Waals surface area contributed by atoms with E-state index in [1.54, 1.807) is 0 Å². The van der Waals surface area contributed by atoms with Gasteiger partial charge in [-0.25, -0.2) is 0 Å². The summed E-state index contributed by atoms with van der Waals surface area (Å²) in [5, 5.41) is 3.75. The molecule has 17 heavy (non-hydrogen) atoms. The number of rotatable bonds is 0. The van der Waals surface area contributed by atoms with Crippen molar-refractivity contribution in [1.82, 2.24) is 5.32 Å². The Morgan fingerprint density at radius 1 is 1.47 bits per heavy atom. The van der Waals surface area contributed by atoms with Crippen LogP contribution in [0.1, 0.15) is 18.1 Å². The molecule has 1 amide bonds. The van der Waals surface area contributed by atoms with E-state index in [1.165, 1.54) is 5.56 Å². The minimum absolute atomic E-state index is 0.0759. The summed E-state index contributed by atoms with van der Waals surface area (Å²) in [4.78, 5) is 14.1. The van der Waals surface area contributed by atoms with Gasteiger partial charge in [0.05, 0.1) is 10.7 Å². The van der Waals surface area contributed by atoms with Crippen LogP contribution in [0.4, 0.5) is 5.69 Å². The summed E-state index contributed by atoms with van der Waals surface area (Å²) >= 11 is 6.40. The van der Waals surface area contributed by atoms with E-state index in [1.807, 2.05) is 13.0 Å². The molecule has 1 N–H and O–H groups in total. The molecule has 4 heteroatoms. The molecule has 2 heterocycles. The number of halogens is 1. The zero-order chi connectivity index (χ0) is 12.2. The fraction of sp³-hybridized carbons (Fsp3) is 0.462. The van der Waals surface area contributed by atoms with E-state index in [2.05, 4.69) is 23.2 Å². The topological polar surface area (TPSA) is 32.3 Å². The highest BCUT2D eigenvalue weighted by Crippen LogP contribution is 2.42. The summed E-state index contributed by atoms with van der Waals surface area (Å²) in [7, 11) is 0. The lowest BCUT2D eigenvalue weighted by molar-refractivity contribution is -0.123. The van der Waals surface area contributed by atoms with Gasteiger partial charge in [0, 0.05) is 19.0 Å². The number of aryl methyl sites for hydroxylation is 1. The average molecular weight is 251 g/mol. The van der Waals surface area contributed by atoms with Crippen molar-refractivity contribution in [2.75, 3.05) is 11.4 Å². The minimum atomic E-state index is -0.0759. The highest BCUT2D eigenvalue weighted by molar-refractivity contribution is 6.34. The van der Waals surface area contributed by atoms with Crippen LogP contribution >= 0.6 is 11.6 Å². The number of nitrogens with zero attached hydrogens (tertiary/aromatic N) is 1. The van der Waals surface area contributed by atoms with Crippen LogP contribution < -0.4 is 10.2 Å². The van der Waals surface area contributed by atoms with Gasteiger partial charge in [-0.05, 0) is 25.0 Å². The van der Waals surface area contributed by atoms with Crippen LogP contribution in [0, 0.1) is 6.92 Å². The van der Waals surface area contributed by atoms with Crippen LogP contribution in [0.3, 0.4) is 0 Å². The van der Waals surface area contributed by atoms with Crippen molar-refractivity contribution < 1.29 is 4.79 Å². The highest BCUT2D eigenvalue weighted by atomic mass is 35.5. The number of carbonyl (C=O) groups is 1. The fourth-order valence-corrected chi connectivity index (χ4v) is 3.10. The Labute approximate surface area is 106 Å². The first-order valence-electron chi connectivity index (χ1n) is 5.93.